The molecule has 0 unspecified atom stereocenters. The number of Topliss-reactive ketones (excluding diaryl/α,β-unsaturated/α-hetero) is 6. The van der Waals surface area contributed by atoms with E-state index in [9.17, 15) is 59.4 Å². The fourth-order valence-electron chi connectivity index (χ4n) is 9.47. The standard InChI is InChI=1S/C72H72O18/c1-67(2,82)58(73)46-25-13-40(14-26-46)55(41-15-27-47(28-16-41)59(74)68(3,4)83)88-64(79)52-37-53(65(80)89-56(42-17-29-48(30-18-42)60(75)69(5,6)84)43-19-31-49(32-20-43)61(76)70(7,8)85)39-54(38-52)66(81)90-57(44-21-33-50(34-22-44)62(77)71(9,10)86)45-23-35-51(36-24-45)63(78)72(11,12)87/h13-39,55-57,82-87H,1-12H3. The maximum Gasteiger partial charge on any atom is 0.339 e. The van der Waals surface area contributed by atoms with E-state index < -0.39 is 121 Å². The molecule has 7 aromatic rings. The number of benzene rings is 7. The topological polar surface area (TPSA) is 303 Å². The van der Waals surface area contributed by atoms with Gasteiger partial charge in [-0.1, -0.05) is 146 Å². The summed E-state index contributed by atoms with van der Waals surface area (Å²) in [5.74, 6) is -7.14. The largest absolute Gasteiger partial charge is 0.449 e. The zero-order chi connectivity index (χ0) is 66.8. The van der Waals surface area contributed by atoms with Gasteiger partial charge in [0.05, 0.1) is 16.7 Å². The quantitative estimate of drug-likeness (QED) is 0.0186. The first-order valence-electron chi connectivity index (χ1n) is 28.6. The third-order valence-electron chi connectivity index (χ3n) is 14.5. The Kier molecular flexibility index (Phi) is 19.7. The van der Waals surface area contributed by atoms with E-state index in [0.29, 0.717) is 0 Å². The molecule has 0 amide bonds. The molecule has 0 fully saturated rings. The third kappa shape index (κ3) is 16.3. The van der Waals surface area contributed by atoms with Gasteiger partial charge >= 0.3 is 17.9 Å². The van der Waals surface area contributed by atoms with Gasteiger partial charge < -0.3 is 44.8 Å². The zero-order valence-electron chi connectivity index (χ0n) is 51.9. The molecular weight excluding hydrogens is 1150 g/mol. The molecule has 18 nitrogen and oxygen atoms in total. The van der Waals surface area contributed by atoms with Gasteiger partial charge in [-0.2, -0.15) is 0 Å². The molecule has 0 radical (unpaired) electrons. The second-order valence-electron chi connectivity index (χ2n) is 25.2. The van der Waals surface area contributed by atoms with Crippen molar-refractivity contribution in [2.45, 2.75) is 135 Å². The molecule has 18 heteroatoms. The number of carbonyl (C=O) groups is 9. The van der Waals surface area contributed by atoms with Gasteiger partial charge in [0.1, 0.15) is 33.6 Å². The Morgan fingerprint density at radius 3 is 0.467 bits per heavy atom. The summed E-state index contributed by atoms with van der Waals surface area (Å²) < 4.78 is 18.8. The van der Waals surface area contributed by atoms with Gasteiger partial charge in [-0.05, 0) is 135 Å². The maximum absolute atomic E-state index is 15.0. The summed E-state index contributed by atoms with van der Waals surface area (Å²) in [6.07, 6.45) is -4.07. The van der Waals surface area contributed by atoms with E-state index in [0.717, 1.165) is 18.2 Å². The van der Waals surface area contributed by atoms with E-state index in [1.165, 1.54) is 229 Å². The molecule has 0 aromatic heterocycles. The zero-order valence-corrected chi connectivity index (χ0v) is 51.9. The molecule has 7 rings (SSSR count). The highest BCUT2D eigenvalue weighted by Crippen LogP contribution is 2.35. The summed E-state index contributed by atoms with van der Waals surface area (Å²) >= 11 is 0. The number of rotatable bonds is 24. The molecule has 7 aromatic carbocycles. The molecule has 0 bridgehead atoms. The van der Waals surface area contributed by atoms with Crippen LogP contribution in [0.4, 0.5) is 0 Å². The molecule has 0 saturated carbocycles. The SMILES string of the molecule is CC(C)(O)C(=O)c1ccc(C(OC(=O)c2cc(C(=O)OC(c3ccc(C(=O)C(C)(C)O)cc3)c3ccc(C(=O)C(C)(C)O)cc3)cc(C(=O)OC(c3ccc(C(=O)C(C)(C)O)cc3)c3ccc(C(=O)C(C)(C)O)cc3)c2)c2ccc(C(=O)C(C)(C)O)cc2)cc1. The van der Waals surface area contributed by atoms with Crippen molar-refractivity contribution in [3.8, 4) is 0 Å². The fourth-order valence-corrected chi connectivity index (χ4v) is 9.47. The average Bonchev–Trinajstić information content (AvgIpc) is 0.850. The smallest absolute Gasteiger partial charge is 0.339 e. The molecule has 0 aliphatic carbocycles. The Hall–Kier alpha value is -9.27. The maximum atomic E-state index is 15.0. The van der Waals surface area contributed by atoms with Crippen molar-refractivity contribution in [2.75, 3.05) is 0 Å². The van der Waals surface area contributed by atoms with Crippen LogP contribution in [0.15, 0.2) is 164 Å². The highest BCUT2D eigenvalue weighted by molar-refractivity contribution is 6.05. The number of hydrogen-bond donors (Lipinski definition) is 6. The first-order valence-corrected chi connectivity index (χ1v) is 28.6. The van der Waals surface area contributed by atoms with Gasteiger partial charge in [0.2, 0.25) is 0 Å². The van der Waals surface area contributed by atoms with Crippen LogP contribution < -0.4 is 0 Å². The molecule has 0 aliphatic heterocycles. The minimum absolute atomic E-state index is 0.114. The van der Waals surface area contributed by atoms with E-state index in [2.05, 4.69) is 0 Å². The van der Waals surface area contributed by atoms with Crippen LogP contribution in [0, 0.1) is 0 Å². The number of carbonyl (C=O) groups excluding carboxylic acids is 9. The number of ether oxygens (including phenoxy) is 3. The van der Waals surface area contributed by atoms with Crippen LogP contribution in [0.1, 0.15) is 228 Å². The number of hydrogen-bond acceptors (Lipinski definition) is 18. The first-order chi connectivity index (χ1) is 41.6. The molecular formula is C72H72O18. The van der Waals surface area contributed by atoms with Crippen LogP contribution in [0.5, 0.6) is 0 Å². The molecule has 0 aliphatic rings. The van der Waals surface area contributed by atoms with Crippen molar-refractivity contribution >= 4 is 52.6 Å². The van der Waals surface area contributed by atoms with Crippen molar-refractivity contribution < 1.29 is 88.0 Å². The summed E-state index contributed by atoms with van der Waals surface area (Å²) in [5, 5.41) is 63.1. The number of aliphatic hydroxyl groups is 6. The molecule has 468 valence electrons. The molecule has 0 heterocycles. The van der Waals surface area contributed by atoms with Crippen LogP contribution in [-0.4, -0.2) is 117 Å². The van der Waals surface area contributed by atoms with Crippen LogP contribution >= 0.6 is 0 Å². The molecule has 90 heavy (non-hydrogen) atoms. The lowest BCUT2D eigenvalue weighted by Gasteiger charge is -2.23. The third-order valence-corrected chi connectivity index (χ3v) is 14.5. The summed E-state index contributed by atoms with van der Waals surface area (Å²) in [5.41, 5.74) is -9.47. The van der Waals surface area contributed by atoms with Crippen molar-refractivity contribution in [1.29, 1.82) is 0 Å². The lowest BCUT2D eigenvalue weighted by atomic mass is 9.92. The molecule has 0 atom stereocenters. The summed E-state index contributed by atoms with van der Waals surface area (Å²) in [6.45, 7) is 15.9. The van der Waals surface area contributed by atoms with Crippen molar-refractivity contribution in [1.82, 2.24) is 0 Å². The predicted molar refractivity (Wildman–Crippen MR) is 331 cm³/mol. The lowest BCUT2D eigenvalue weighted by Crippen LogP contribution is -2.31. The fraction of sp³-hybridized carbons (Fsp3) is 0.292. The number of esters is 3. The summed E-state index contributed by atoms with van der Waals surface area (Å²) in [6, 6.07) is 37.9. The molecule has 0 saturated heterocycles. The van der Waals surface area contributed by atoms with Gasteiger partial charge in [-0.25, -0.2) is 14.4 Å². The summed E-state index contributed by atoms with van der Waals surface area (Å²) in [7, 11) is 0. The Morgan fingerprint density at radius 2 is 0.356 bits per heavy atom. The Labute approximate surface area is 520 Å². The van der Waals surface area contributed by atoms with Crippen LogP contribution in [-0.2, 0) is 14.2 Å². The van der Waals surface area contributed by atoms with Gasteiger partial charge in [0, 0.05) is 33.4 Å². The molecule has 0 spiro atoms. The second-order valence-corrected chi connectivity index (χ2v) is 25.2. The highest BCUT2D eigenvalue weighted by Gasteiger charge is 2.34. The molecule has 6 N–H and O–H groups in total. The van der Waals surface area contributed by atoms with Gasteiger partial charge in [0.25, 0.3) is 0 Å². The minimum Gasteiger partial charge on any atom is -0.449 e. The first kappa shape index (κ1) is 68.2. The Balaban J connectivity index is 1.39. The second kappa shape index (κ2) is 26.1. The van der Waals surface area contributed by atoms with E-state index in [-0.39, 0.29) is 66.8 Å². The number of ketones is 6. The van der Waals surface area contributed by atoms with Gasteiger partial charge in [0.15, 0.2) is 53.0 Å². The van der Waals surface area contributed by atoms with E-state index >= 15 is 14.4 Å². The van der Waals surface area contributed by atoms with Crippen molar-refractivity contribution in [2.24, 2.45) is 0 Å². The van der Waals surface area contributed by atoms with Gasteiger partial charge in [-0.3, -0.25) is 28.8 Å². The summed E-state index contributed by atoms with van der Waals surface area (Å²) in [4.78, 5) is 124. The van der Waals surface area contributed by atoms with E-state index in [4.69, 9.17) is 14.2 Å². The van der Waals surface area contributed by atoms with Crippen molar-refractivity contribution in [3.05, 3.63) is 247 Å². The minimum atomic E-state index is -1.75. The van der Waals surface area contributed by atoms with Crippen LogP contribution in [0.2, 0.25) is 0 Å². The lowest BCUT2D eigenvalue weighted by molar-refractivity contribution is 0.0370. The Bertz CT molecular complexity index is 3250. The van der Waals surface area contributed by atoms with E-state index in [1.807, 2.05) is 0 Å². The Morgan fingerprint density at radius 1 is 0.233 bits per heavy atom. The van der Waals surface area contributed by atoms with Crippen LogP contribution in [0.3, 0.4) is 0 Å². The monoisotopic (exact) mass is 1220 g/mol. The van der Waals surface area contributed by atoms with Crippen LogP contribution in [0.25, 0.3) is 0 Å². The van der Waals surface area contributed by atoms with E-state index in [1.54, 1.807) is 0 Å². The normalized spacial score (nSPS) is 12.4. The predicted octanol–water partition coefficient (Wildman–Crippen LogP) is 10.2. The van der Waals surface area contributed by atoms with Crippen molar-refractivity contribution in [3.63, 3.8) is 0 Å². The average molecular weight is 1230 g/mol. The highest BCUT2D eigenvalue weighted by atomic mass is 16.6. The van der Waals surface area contributed by atoms with Gasteiger partial charge in [-0.15, -0.1) is 0 Å².